The highest BCUT2D eigenvalue weighted by molar-refractivity contribution is 5.22. The molecule has 0 radical (unpaired) electrons. The second-order valence-corrected chi connectivity index (χ2v) is 10.3. The van der Waals surface area contributed by atoms with Crippen molar-refractivity contribution in [3.05, 3.63) is 35.4 Å². The van der Waals surface area contributed by atoms with E-state index < -0.39 is 0 Å². The summed E-state index contributed by atoms with van der Waals surface area (Å²) < 4.78 is 0. The zero-order valence-electron chi connectivity index (χ0n) is 22.8. The van der Waals surface area contributed by atoms with Gasteiger partial charge in [0.05, 0.1) is 0 Å². The summed E-state index contributed by atoms with van der Waals surface area (Å²) in [5.74, 6) is 0. The molecule has 0 atom stereocenters. The third kappa shape index (κ3) is 14.0. The molecule has 2 fully saturated rings. The van der Waals surface area contributed by atoms with Crippen LogP contribution >= 0.6 is 0 Å². The molecule has 8 heteroatoms. The number of rotatable bonds is 4. The van der Waals surface area contributed by atoms with E-state index in [1.54, 1.807) is 0 Å². The van der Waals surface area contributed by atoms with Gasteiger partial charge in [0.15, 0.2) is 0 Å². The van der Waals surface area contributed by atoms with Crippen LogP contribution in [0.15, 0.2) is 24.3 Å². The van der Waals surface area contributed by atoms with Crippen molar-refractivity contribution in [2.45, 2.75) is 45.2 Å². The van der Waals surface area contributed by atoms with Gasteiger partial charge in [-0.15, -0.1) is 0 Å². The summed E-state index contributed by atoms with van der Waals surface area (Å²) in [7, 11) is 0. The maximum Gasteiger partial charge on any atom is 0.0483 e. The van der Waals surface area contributed by atoms with Crippen molar-refractivity contribution in [2.75, 3.05) is 98.3 Å². The van der Waals surface area contributed by atoms with Crippen LogP contribution in [-0.4, -0.2) is 108 Å². The Balaban J connectivity index is 1.45. The summed E-state index contributed by atoms with van der Waals surface area (Å²) in [6.45, 7) is 18.4. The van der Waals surface area contributed by atoms with Gasteiger partial charge in [0, 0.05) is 59.0 Å². The van der Waals surface area contributed by atoms with E-state index in [1.807, 2.05) is 0 Å². The number of hydrogen-bond donors (Lipinski definition) is 6. The molecular weight excluding hydrogens is 448 g/mol. The van der Waals surface area contributed by atoms with E-state index in [0.29, 0.717) is 0 Å². The number of nitrogens with one attached hydrogen (secondary N) is 6. The Morgan fingerprint density at radius 3 is 1.53 bits per heavy atom. The van der Waals surface area contributed by atoms with Gasteiger partial charge in [-0.2, -0.15) is 0 Å². The van der Waals surface area contributed by atoms with Gasteiger partial charge in [-0.1, -0.05) is 24.3 Å². The standard InChI is InChI=1S/C28H54N8/c1-2-21-36(26-34-14-4-12-31-17-16-29-10-1)25-28-8-6-27(7-9-28)24-35-22-5-15-32-19-18-30-11-3-13-33-20-23-35/h6-9,29-34H,1-5,10-26H2. The highest BCUT2D eigenvalue weighted by atomic mass is 15.2. The van der Waals surface area contributed by atoms with Gasteiger partial charge < -0.3 is 31.9 Å². The Morgan fingerprint density at radius 2 is 0.889 bits per heavy atom. The summed E-state index contributed by atoms with van der Waals surface area (Å²) in [6.07, 6.45) is 6.07. The van der Waals surface area contributed by atoms with Crippen LogP contribution in [-0.2, 0) is 13.1 Å². The van der Waals surface area contributed by atoms with Gasteiger partial charge in [-0.3, -0.25) is 9.80 Å². The van der Waals surface area contributed by atoms with Gasteiger partial charge >= 0.3 is 0 Å². The van der Waals surface area contributed by atoms with E-state index >= 15 is 0 Å². The lowest BCUT2D eigenvalue weighted by atomic mass is 10.1. The first-order valence-electron chi connectivity index (χ1n) is 14.7. The number of nitrogens with zero attached hydrogens (tertiary/aromatic N) is 2. The Hall–Kier alpha value is -1.10. The average molecular weight is 503 g/mol. The van der Waals surface area contributed by atoms with Gasteiger partial charge in [0.25, 0.3) is 0 Å². The molecule has 0 aromatic heterocycles. The molecule has 0 unspecified atom stereocenters. The van der Waals surface area contributed by atoms with E-state index in [4.69, 9.17) is 0 Å². The first kappa shape index (κ1) is 29.5. The minimum absolute atomic E-state index is 0.972. The lowest BCUT2D eigenvalue weighted by Crippen LogP contribution is -2.37. The van der Waals surface area contributed by atoms with Crippen LogP contribution in [0, 0.1) is 0 Å². The van der Waals surface area contributed by atoms with Crippen LogP contribution < -0.4 is 31.9 Å². The van der Waals surface area contributed by atoms with E-state index in [0.717, 1.165) is 111 Å². The molecule has 0 spiro atoms. The molecule has 1 aromatic rings. The average Bonchev–Trinajstić information content (AvgIpc) is 2.89. The molecule has 2 aliphatic heterocycles. The summed E-state index contributed by atoms with van der Waals surface area (Å²) >= 11 is 0. The molecule has 0 saturated carbocycles. The lowest BCUT2D eigenvalue weighted by molar-refractivity contribution is 0.238. The zero-order chi connectivity index (χ0) is 24.9. The normalized spacial score (nSPS) is 22.9. The quantitative estimate of drug-likeness (QED) is 0.361. The van der Waals surface area contributed by atoms with Crippen LogP contribution in [0.2, 0.25) is 0 Å². The molecule has 206 valence electrons. The van der Waals surface area contributed by atoms with Crippen molar-refractivity contribution < 1.29 is 0 Å². The van der Waals surface area contributed by atoms with Gasteiger partial charge in [-0.25, -0.2) is 0 Å². The third-order valence-electron chi connectivity index (χ3n) is 7.05. The van der Waals surface area contributed by atoms with E-state index in [9.17, 15) is 0 Å². The minimum atomic E-state index is 0.972. The molecule has 3 rings (SSSR count). The molecule has 2 aliphatic rings. The molecule has 0 bridgehead atoms. The van der Waals surface area contributed by atoms with Crippen molar-refractivity contribution in [1.29, 1.82) is 0 Å². The fourth-order valence-corrected chi connectivity index (χ4v) is 4.89. The second kappa shape index (κ2) is 19.9. The largest absolute Gasteiger partial charge is 0.315 e. The summed E-state index contributed by atoms with van der Waals surface area (Å²) in [5, 5.41) is 21.4. The number of benzene rings is 1. The fraction of sp³-hybridized carbons (Fsp3) is 0.786. The maximum absolute atomic E-state index is 3.66. The van der Waals surface area contributed by atoms with Crippen LogP contribution in [0.1, 0.15) is 43.2 Å². The molecule has 1 aromatic carbocycles. The molecule has 36 heavy (non-hydrogen) atoms. The van der Waals surface area contributed by atoms with Crippen molar-refractivity contribution in [3.8, 4) is 0 Å². The smallest absolute Gasteiger partial charge is 0.0483 e. The molecule has 8 nitrogen and oxygen atoms in total. The van der Waals surface area contributed by atoms with Crippen molar-refractivity contribution in [3.63, 3.8) is 0 Å². The Bertz CT molecular complexity index is 558. The molecule has 6 N–H and O–H groups in total. The maximum atomic E-state index is 3.66. The molecule has 2 heterocycles. The van der Waals surface area contributed by atoms with Crippen LogP contribution in [0.3, 0.4) is 0 Å². The Labute approximate surface area is 220 Å². The summed E-state index contributed by atoms with van der Waals surface area (Å²) in [5.41, 5.74) is 2.84. The molecule has 0 amide bonds. The van der Waals surface area contributed by atoms with Crippen LogP contribution in [0.4, 0.5) is 0 Å². The fourth-order valence-electron chi connectivity index (χ4n) is 4.89. The highest BCUT2D eigenvalue weighted by Gasteiger charge is 2.09. The van der Waals surface area contributed by atoms with Crippen LogP contribution in [0.25, 0.3) is 0 Å². The van der Waals surface area contributed by atoms with Crippen LogP contribution in [0.5, 0.6) is 0 Å². The van der Waals surface area contributed by atoms with Crippen molar-refractivity contribution in [1.82, 2.24) is 41.7 Å². The second-order valence-electron chi connectivity index (χ2n) is 10.3. The zero-order valence-corrected chi connectivity index (χ0v) is 22.8. The molecule has 2 saturated heterocycles. The summed E-state index contributed by atoms with van der Waals surface area (Å²) in [6, 6.07) is 9.41. The van der Waals surface area contributed by atoms with Crippen molar-refractivity contribution >= 4 is 0 Å². The Morgan fingerprint density at radius 1 is 0.417 bits per heavy atom. The predicted molar refractivity (Wildman–Crippen MR) is 152 cm³/mol. The predicted octanol–water partition coefficient (Wildman–Crippen LogP) is 0.763. The van der Waals surface area contributed by atoms with E-state index in [2.05, 4.69) is 66.0 Å². The topological polar surface area (TPSA) is 78.7 Å². The molecular formula is C28H54N8. The SMILES string of the molecule is c1cc(CN2CCCCNCCNCCCNC2)ccc1CN1CCCNCCNCCCNCC1. The molecule has 0 aliphatic carbocycles. The van der Waals surface area contributed by atoms with Crippen molar-refractivity contribution in [2.24, 2.45) is 0 Å². The highest BCUT2D eigenvalue weighted by Crippen LogP contribution is 2.11. The third-order valence-corrected chi connectivity index (χ3v) is 7.05. The van der Waals surface area contributed by atoms with E-state index in [-0.39, 0.29) is 0 Å². The van der Waals surface area contributed by atoms with Gasteiger partial charge in [-0.05, 0) is 95.6 Å². The van der Waals surface area contributed by atoms with E-state index in [1.165, 1.54) is 43.2 Å². The lowest BCUT2D eigenvalue weighted by Gasteiger charge is -2.25. The minimum Gasteiger partial charge on any atom is -0.315 e. The first-order chi connectivity index (χ1) is 17.9. The van der Waals surface area contributed by atoms with Gasteiger partial charge in [0.2, 0.25) is 0 Å². The number of hydrogen-bond acceptors (Lipinski definition) is 8. The first-order valence-corrected chi connectivity index (χ1v) is 14.7. The monoisotopic (exact) mass is 502 g/mol. The Kier molecular flexibility index (Phi) is 16.3. The summed E-state index contributed by atoms with van der Waals surface area (Å²) in [4.78, 5) is 5.19. The van der Waals surface area contributed by atoms with Gasteiger partial charge in [0.1, 0.15) is 0 Å².